The van der Waals surface area contributed by atoms with Crippen LogP contribution in [0.3, 0.4) is 0 Å². The third-order valence-corrected chi connectivity index (χ3v) is 7.13. The molecule has 0 aliphatic carbocycles. The van der Waals surface area contributed by atoms with Crippen LogP contribution in [0.4, 0.5) is 5.82 Å². The smallest absolute Gasteiger partial charge is 0.152 e. The van der Waals surface area contributed by atoms with E-state index in [4.69, 9.17) is 26.8 Å². The first-order chi connectivity index (χ1) is 18.3. The van der Waals surface area contributed by atoms with Crippen molar-refractivity contribution in [3.8, 4) is 17.0 Å². The summed E-state index contributed by atoms with van der Waals surface area (Å²) in [5, 5.41) is 32.1. The molecule has 12 heteroatoms. The maximum absolute atomic E-state index is 11.0. The number of hydrogen-bond donors (Lipinski definition) is 3. The van der Waals surface area contributed by atoms with E-state index in [-0.39, 0.29) is 12.4 Å². The normalized spacial score (nSPS) is 21.5. The van der Waals surface area contributed by atoms with Gasteiger partial charge >= 0.3 is 0 Å². The second-order valence-electron chi connectivity index (χ2n) is 9.28. The molecule has 0 bridgehead atoms. The Morgan fingerprint density at radius 1 is 1.16 bits per heavy atom. The number of benzene rings is 1. The Labute approximate surface area is 222 Å². The molecule has 1 aliphatic heterocycles. The molecular formula is C26H26ClN7O4. The highest BCUT2D eigenvalue weighted by Gasteiger charge is 2.45. The van der Waals surface area contributed by atoms with E-state index in [0.717, 1.165) is 23.0 Å². The van der Waals surface area contributed by atoms with Gasteiger partial charge in [-0.15, -0.1) is 0 Å². The Hall–Kier alpha value is -3.77. The molecule has 38 heavy (non-hydrogen) atoms. The van der Waals surface area contributed by atoms with E-state index >= 15 is 0 Å². The van der Waals surface area contributed by atoms with Gasteiger partial charge in [-0.05, 0) is 36.8 Å². The molecule has 5 heterocycles. The Morgan fingerprint density at radius 2 is 2.00 bits per heavy atom. The van der Waals surface area contributed by atoms with E-state index in [1.807, 2.05) is 38.4 Å². The number of ether oxygens (including phenoxy) is 2. The maximum Gasteiger partial charge on any atom is 0.152 e. The lowest BCUT2D eigenvalue weighted by Crippen LogP contribution is -2.34. The molecule has 11 nitrogen and oxygen atoms in total. The van der Waals surface area contributed by atoms with Crippen LogP contribution in [0.25, 0.3) is 27.7 Å². The number of rotatable bonds is 6. The first kappa shape index (κ1) is 24.6. The van der Waals surface area contributed by atoms with Gasteiger partial charge in [0.25, 0.3) is 0 Å². The van der Waals surface area contributed by atoms with Crippen LogP contribution in [0, 0.1) is 0 Å². The molecule has 4 aromatic heterocycles. The zero-order valence-electron chi connectivity index (χ0n) is 20.7. The van der Waals surface area contributed by atoms with Gasteiger partial charge in [0.1, 0.15) is 48.6 Å². The monoisotopic (exact) mass is 535 g/mol. The Morgan fingerprint density at radius 3 is 2.76 bits per heavy atom. The topological polar surface area (TPSA) is 146 Å². The summed E-state index contributed by atoms with van der Waals surface area (Å²) in [4.78, 5) is 8.74. The minimum atomic E-state index is -1.22. The number of halogens is 1. The zero-order valence-corrected chi connectivity index (χ0v) is 21.4. The largest absolute Gasteiger partial charge is 0.491 e. The fourth-order valence-corrected chi connectivity index (χ4v) is 5.13. The summed E-state index contributed by atoms with van der Waals surface area (Å²) in [7, 11) is 1.82. The average Bonchev–Trinajstić information content (AvgIpc) is 3.59. The molecule has 0 spiro atoms. The molecule has 1 fully saturated rings. The van der Waals surface area contributed by atoms with Crippen molar-refractivity contribution in [3.05, 3.63) is 65.3 Å². The van der Waals surface area contributed by atoms with E-state index in [2.05, 4.69) is 20.2 Å². The second-order valence-corrected chi connectivity index (χ2v) is 9.69. The number of hydrogen-bond acceptors (Lipinski definition) is 9. The molecule has 4 N–H and O–H groups in total. The van der Waals surface area contributed by atoms with Gasteiger partial charge in [0.05, 0.1) is 21.9 Å². The van der Waals surface area contributed by atoms with Crippen molar-refractivity contribution >= 4 is 33.8 Å². The number of fused-ring (bicyclic) bond motifs is 2. The van der Waals surface area contributed by atoms with Crippen LogP contribution in [0.5, 0.6) is 5.75 Å². The highest BCUT2D eigenvalue weighted by atomic mass is 35.5. The molecule has 1 saturated heterocycles. The number of aryl methyl sites for hydroxylation is 2. The molecule has 4 atom stereocenters. The number of aliphatic hydroxyl groups excluding tert-OH is 2. The van der Waals surface area contributed by atoms with Gasteiger partial charge in [0.15, 0.2) is 5.82 Å². The van der Waals surface area contributed by atoms with Crippen molar-refractivity contribution in [2.75, 3.05) is 12.3 Å². The van der Waals surface area contributed by atoms with Crippen molar-refractivity contribution in [3.63, 3.8) is 0 Å². The van der Waals surface area contributed by atoms with Crippen molar-refractivity contribution in [2.24, 2.45) is 7.05 Å². The van der Waals surface area contributed by atoms with Crippen LogP contribution in [-0.2, 0) is 18.2 Å². The third-order valence-electron chi connectivity index (χ3n) is 6.81. The number of anilines is 1. The van der Waals surface area contributed by atoms with E-state index in [9.17, 15) is 10.2 Å². The molecule has 0 saturated carbocycles. The van der Waals surface area contributed by atoms with Gasteiger partial charge in [0.2, 0.25) is 0 Å². The number of pyridine rings is 1. The lowest BCUT2D eigenvalue weighted by atomic mass is 10.1. The fourth-order valence-electron chi connectivity index (χ4n) is 4.85. The third kappa shape index (κ3) is 4.13. The van der Waals surface area contributed by atoms with Crippen LogP contribution < -0.4 is 10.5 Å². The number of aliphatic hydroxyl groups is 2. The molecule has 5 aromatic rings. The molecule has 0 unspecified atom stereocenters. The van der Waals surface area contributed by atoms with Gasteiger partial charge < -0.3 is 25.4 Å². The van der Waals surface area contributed by atoms with Crippen LogP contribution in [0.2, 0.25) is 5.02 Å². The number of nitrogens with zero attached hydrogens (tertiary/aromatic N) is 6. The zero-order chi connectivity index (χ0) is 26.6. The fraction of sp³-hybridized carbons (Fsp3) is 0.308. The summed E-state index contributed by atoms with van der Waals surface area (Å²) < 4.78 is 15.3. The van der Waals surface area contributed by atoms with Crippen LogP contribution in [0.15, 0.2) is 48.9 Å². The van der Waals surface area contributed by atoms with Crippen molar-refractivity contribution in [2.45, 2.75) is 37.8 Å². The lowest BCUT2D eigenvalue weighted by Gasteiger charge is -2.16. The van der Waals surface area contributed by atoms with Crippen molar-refractivity contribution in [1.82, 2.24) is 29.4 Å². The van der Waals surface area contributed by atoms with E-state index in [1.165, 1.54) is 6.33 Å². The maximum atomic E-state index is 11.0. The van der Waals surface area contributed by atoms with Crippen LogP contribution in [-0.4, -0.2) is 64.5 Å². The average molecular weight is 536 g/mol. The van der Waals surface area contributed by atoms with Gasteiger partial charge in [-0.1, -0.05) is 18.5 Å². The first-order valence-corrected chi connectivity index (χ1v) is 12.6. The van der Waals surface area contributed by atoms with Crippen LogP contribution >= 0.6 is 11.6 Å². The minimum Gasteiger partial charge on any atom is -0.491 e. The quantitative estimate of drug-likeness (QED) is 0.298. The minimum absolute atomic E-state index is 0.00889. The van der Waals surface area contributed by atoms with E-state index in [0.29, 0.717) is 33.2 Å². The molecule has 6 rings (SSSR count). The molecule has 0 radical (unpaired) electrons. The van der Waals surface area contributed by atoms with Crippen molar-refractivity contribution in [1.29, 1.82) is 0 Å². The summed E-state index contributed by atoms with van der Waals surface area (Å²) in [6, 6.07) is 10.9. The molecule has 1 aromatic carbocycles. The van der Waals surface area contributed by atoms with Gasteiger partial charge in [-0.2, -0.15) is 10.2 Å². The Balaban J connectivity index is 1.27. The summed E-state index contributed by atoms with van der Waals surface area (Å²) >= 11 is 6.39. The molecule has 0 amide bonds. The molecule has 1 aliphatic rings. The predicted molar refractivity (Wildman–Crippen MR) is 141 cm³/mol. The summed E-state index contributed by atoms with van der Waals surface area (Å²) in [5.74, 6) is 0.810. The molecular weight excluding hydrogens is 510 g/mol. The second kappa shape index (κ2) is 9.52. The van der Waals surface area contributed by atoms with Gasteiger partial charge in [-0.3, -0.25) is 9.67 Å². The summed E-state index contributed by atoms with van der Waals surface area (Å²) in [6.07, 6.45) is -0.197. The summed E-state index contributed by atoms with van der Waals surface area (Å²) in [6.45, 7) is 2.02. The highest BCUT2D eigenvalue weighted by Crippen LogP contribution is 2.39. The highest BCUT2D eigenvalue weighted by molar-refractivity contribution is 6.35. The number of nitrogen functional groups attached to an aromatic ring is 1. The molecule has 196 valence electrons. The number of aromatic nitrogens is 6. The standard InChI is InChI=1S/C26H26ClN7O4/c1-3-13-8-17(27)15-5-4-14(9-19(15)31-13)37-11-21-23(35)24(36)25(38-21)20-10-16(18-6-7-33(2)32-18)22-26(28)29-12-30-34(20)22/h4-10,12,21,23-25,35-36H,3,11H2,1-2H3,(H2,28,29,30)/t21-,23-,24-,25+/m1/s1. The van der Waals surface area contributed by atoms with Gasteiger partial charge in [-0.25, -0.2) is 9.50 Å². The summed E-state index contributed by atoms with van der Waals surface area (Å²) in [5.41, 5.74) is 10.2. The number of nitrogens with two attached hydrogens (primary N) is 1. The van der Waals surface area contributed by atoms with E-state index < -0.39 is 24.4 Å². The first-order valence-electron chi connectivity index (χ1n) is 12.2. The predicted octanol–water partition coefficient (Wildman–Crippen LogP) is 2.72. The SMILES string of the molecule is CCc1cc(Cl)c2ccc(OC[C@H]3O[C@@H](c4cc(-c5ccn(C)n5)c5c(N)ncnn45)[C@H](O)[C@@H]3O)cc2n1. The van der Waals surface area contributed by atoms with E-state index in [1.54, 1.807) is 27.4 Å². The van der Waals surface area contributed by atoms with Gasteiger partial charge in [0, 0.05) is 36.0 Å². The Bertz CT molecular complexity index is 1650. The van der Waals surface area contributed by atoms with Crippen LogP contribution in [0.1, 0.15) is 24.4 Å². The van der Waals surface area contributed by atoms with Crippen molar-refractivity contribution < 1.29 is 19.7 Å². The Kier molecular flexibility index (Phi) is 6.15. The lowest BCUT2D eigenvalue weighted by molar-refractivity contribution is -0.0187.